The summed E-state index contributed by atoms with van der Waals surface area (Å²) in [5.74, 6) is 1.56. The fraction of sp³-hybridized carbons (Fsp3) is 0.750. The Morgan fingerprint density at radius 2 is 1.95 bits per heavy atom. The highest BCUT2D eigenvalue weighted by molar-refractivity contribution is 7.91. The highest BCUT2D eigenvalue weighted by Gasteiger charge is 2.25. The van der Waals surface area contributed by atoms with Crippen molar-refractivity contribution in [1.29, 1.82) is 0 Å². The normalized spacial score (nSPS) is 19.7. The summed E-state index contributed by atoms with van der Waals surface area (Å²) >= 11 is 0. The van der Waals surface area contributed by atoms with Crippen LogP contribution < -0.4 is 10.6 Å². The minimum absolute atomic E-state index is 0.189. The van der Waals surface area contributed by atoms with E-state index < -0.39 is 9.84 Å². The number of nitrogen functional groups attached to an aromatic ring is 1. The number of rotatable bonds is 2. The van der Waals surface area contributed by atoms with Gasteiger partial charge in [0.05, 0.1) is 22.9 Å². The number of aryl methyl sites for hydroxylation is 1. The molecule has 0 amide bonds. The summed E-state index contributed by atoms with van der Waals surface area (Å²) in [5.41, 5.74) is 7.74. The Bertz CT molecular complexity index is 563. The largest absolute Gasteiger partial charge is 0.394 e. The summed E-state index contributed by atoms with van der Waals surface area (Å²) in [6.07, 6.45) is 0.643. The second-order valence-corrected chi connectivity index (χ2v) is 7.70. The molecule has 6 nitrogen and oxygen atoms in total. The van der Waals surface area contributed by atoms with E-state index in [1.54, 1.807) is 4.68 Å². The Hall–Kier alpha value is -1.24. The molecular formula is C12H22N4O2S. The predicted octanol–water partition coefficient (Wildman–Crippen LogP) is 0.751. The van der Waals surface area contributed by atoms with Gasteiger partial charge in [0.25, 0.3) is 0 Å². The van der Waals surface area contributed by atoms with Crippen molar-refractivity contribution in [3.8, 4) is 0 Å². The van der Waals surface area contributed by atoms with Gasteiger partial charge in [0.15, 0.2) is 9.84 Å². The minimum atomic E-state index is -2.91. The van der Waals surface area contributed by atoms with Gasteiger partial charge in [-0.2, -0.15) is 5.10 Å². The average molecular weight is 286 g/mol. The lowest BCUT2D eigenvalue weighted by Crippen LogP contribution is -2.29. The van der Waals surface area contributed by atoms with Crippen LogP contribution in [0.15, 0.2) is 0 Å². The molecule has 0 aliphatic carbocycles. The maximum absolute atomic E-state index is 11.7. The van der Waals surface area contributed by atoms with Crippen molar-refractivity contribution in [2.45, 2.75) is 26.2 Å². The summed E-state index contributed by atoms with van der Waals surface area (Å²) in [5, 5.41) is 4.45. The molecule has 0 aromatic carbocycles. The molecule has 1 fully saturated rings. The van der Waals surface area contributed by atoms with Crippen LogP contribution in [0.5, 0.6) is 0 Å². The molecule has 7 heteroatoms. The van der Waals surface area contributed by atoms with Crippen molar-refractivity contribution < 1.29 is 8.42 Å². The van der Waals surface area contributed by atoms with Gasteiger partial charge in [0, 0.05) is 20.1 Å². The molecule has 0 radical (unpaired) electrons. The molecule has 0 atom stereocenters. The van der Waals surface area contributed by atoms with Gasteiger partial charge in [-0.25, -0.2) is 8.42 Å². The molecule has 1 aromatic rings. The molecule has 0 bridgehead atoms. The smallest absolute Gasteiger partial charge is 0.152 e. The first kappa shape index (κ1) is 14.2. The van der Waals surface area contributed by atoms with E-state index in [2.05, 4.69) is 18.9 Å². The Morgan fingerprint density at radius 1 is 1.26 bits per heavy atom. The zero-order chi connectivity index (χ0) is 14.2. The molecule has 2 rings (SSSR count). The van der Waals surface area contributed by atoms with E-state index in [1.165, 1.54) is 0 Å². The third-order valence-corrected chi connectivity index (χ3v) is 5.20. The standard InChI is InChI=1S/C12H22N4O2S/c1-9(2)11-10(13)12(15(3)14-11)16-5-4-7-19(17,18)8-6-16/h9H,4-8,13H2,1-3H3. The second kappa shape index (κ2) is 5.03. The van der Waals surface area contributed by atoms with Gasteiger partial charge in [0.2, 0.25) is 0 Å². The Balaban J connectivity index is 2.32. The van der Waals surface area contributed by atoms with Crippen molar-refractivity contribution in [2.75, 3.05) is 35.2 Å². The maximum Gasteiger partial charge on any atom is 0.152 e. The molecule has 108 valence electrons. The summed E-state index contributed by atoms with van der Waals surface area (Å²) in [7, 11) is -1.05. The lowest BCUT2D eigenvalue weighted by molar-refractivity contribution is 0.597. The van der Waals surface area contributed by atoms with E-state index >= 15 is 0 Å². The van der Waals surface area contributed by atoms with Crippen LogP contribution in [-0.2, 0) is 16.9 Å². The summed E-state index contributed by atoms with van der Waals surface area (Å²) < 4.78 is 25.1. The molecule has 19 heavy (non-hydrogen) atoms. The van der Waals surface area contributed by atoms with Gasteiger partial charge in [-0.1, -0.05) is 13.8 Å². The quantitative estimate of drug-likeness (QED) is 0.867. The number of hydrogen-bond acceptors (Lipinski definition) is 5. The van der Waals surface area contributed by atoms with Gasteiger partial charge in [-0.05, 0) is 12.3 Å². The number of nitrogens with zero attached hydrogens (tertiary/aromatic N) is 3. The van der Waals surface area contributed by atoms with E-state index in [4.69, 9.17) is 5.73 Å². The molecule has 1 saturated heterocycles. The van der Waals surface area contributed by atoms with Gasteiger partial charge in [-0.15, -0.1) is 0 Å². The SMILES string of the molecule is CC(C)c1nn(C)c(N2CCCS(=O)(=O)CC2)c1N. The lowest BCUT2D eigenvalue weighted by Gasteiger charge is -2.22. The van der Waals surface area contributed by atoms with Crippen LogP contribution in [0, 0.1) is 0 Å². The molecule has 1 aliphatic rings. The third kappa shape index (κ3) is 2.86. The summed E-state index contributed by atoms with van der Waals surface area (Å²) in [6, 6.07) is 0. The molecule has 0 spiro atoms. The number of sulfone groups is 1. The lowest BCUT2D eigenvalue weighted by atomic mass is 10.1. The topological polar surface area (TPSA) is 81.2 Å². The Kier molecular flexibility index (Phi) is 3.75. The van der Waals surface area contributed by atoms with Crippen LogP contribution in [0.2, 0.25) is 0 Å². The van der Waals surface area contributed by atoms with Gasteiger partial charge in [-0.3, -0.25) is 4.68 Å². The fourth-order valence-electron chi connectivity index (χ4n) is 2.50. The number of aromatic nitrogens is 2. The molecule has 2 N–H and O–H groups in total. The van der Waals surface area contributed by atoms with Crippen LogP contribution in [0.1, 0.15) is 31.9 Å². The van der Waals surface area contributed by atoms with Crippen molar-refractivity contribution in [2.24, 2.45) is 7.05 Å². The average Bonchev–Trinajstić information content (AvgIpc) is 2.48. The summed E-state index contributed by atoms with van der Waals surface area (Å²) in [6.45, 7) is 5.30. The van der Waals surface area contributed by atoms with Crippen LogP contribution in [0.4, 0.5) is 11.5 Å². The molecule has 2 heterocycles. The van der Waals surface area contributed by atoms with E-state index in [1.807, 2.05) is 11.9 Å². The number of nitrogens with two attached hydrogens (primary N) is 1. The summed E-state index contributed by atoms with van der Waals surface area (Å²) in [4.78, 5) is 2.04. The highest BCUT2D eigenvalue weighted by atomic mass is 32.2. The minimum Gasteiger partial charge on any atom is -0.394 e. The Morgan fingerprint density at radius 3 is 2.53 bits per heavy atom. The van der Waals surface area contributed by atoms with E-state index in [9.17, 15) is 8.42 Å². The maximum atomic E-state index is 11.7. The third-order valence-electron chi connectivity index (χ3n) is 3.48. The van der Waals surface area contributed by atoms with E-state index in [-0.39, 0.29) is 17.4 Å². The molecule has 0 saturated carbocycles. The fourth-order valence-corrected chi connectivity index (χ4v) is 3.78. The number of anilines is 2. The van der Waals surface area contributed by atoms with Crippen molar-refractivity contribution >= 4 is 21.3 Å². The number of hydrogen-bond donors (Lipinski definition) is 1. The molecule has 1 aromatic heterocycles. The van der Waals surface area contributed by atoms with E-state index in [0.29, 0.717) is 25.2 Å². The van der Waals surface area contributed by atoms with Gasteiger partial charge < -0.3 is 10.6 Å². The van der Waals surface area contributed by atoms with Gasteiger partial charge in [0.1, 0.15) is 5.82 Å². The van der Waals surface area contributed by atoms with Crippen molar-refractivity contribution in [3.05, 3.63) is 5.69 Å². The van der Waals surface area contributed by atoms with E-state index in [0.717, 1.165) is 11.5 Å². The van der Waals surface area contributed by atoms with Gasteiger partial charge >= 0.3 is 0 Å². The molecular weight excluding hydrogens is 264 g/mol. The monoisotopic (exact) mass is 286 g/mol. The highest BCUT2D eigenvalue weighted by Crippen LogP contribution is 2.31. The van der Waals surface area contributed by atoms with Crippen LogP contribution >= 0.6 is 0 Å². The molecule has 0 unspecified atom stereocenters. The first-order valence-corrected chi connectivity index (χ1v) is 8.41. The first-order valence-electron chi connectivity index (χ1n) is 6.59. The van der Waals surface area contributed by atoms with Crippen LogP contribution in [0.25, 0.3) is 0 Å². The van der Waals surface area contributed by atoms with Crippen molar-refractivity contribution in [3.63, 3.8) is 0 Å². The van der Waals surface area contributed by atoms with Crippen LogP contribution in [0.3, 0.4) is 0 Å². The zero-order valence-electron chi connectivity index (χ0n) is 11.8. The second-order valence-electron chi connectivity index (χ2n) is 5.39. The van der Waals surface area contributed by atoms with Crippen molar-refractivity contribution in [1.82, 2.24) is 9.78 Å². The Labute approximate surface area is 114 Å². The van der Waals surface area contributed by atoms with Crippen LogP contribution in [-0.4, -0.2) is 42.8 Å². The zero-order valence-corrected chi connectivity index (χ0v) is 12.6. The molecule has 1 aliphatic heterocycles. The predicted molar refractivity (Wildman–Crippen MR) is 77.2 cm³/mol. The first-order chi connectivity index (χ1) is 8.82.